The van der Waals surface area contributed by atoms with Crippen molar-refractivity contribution in [3.63, 3.8) is 0 Å². The number of aliphatic hydroxyl groups is 2. The third-order valence-electron chi connectivity index (χ3n) is 1.90. The molecule has 0 aliphatic carbocycles. The number of hydrogen-bond donors (Lipinski definition) is 3. The first-order chi connectivity index (χ1) is 7.70. The van der Waals surface area contributed by atoms with E-state index in [0.29, 0.717) is 11.2 Å². The van der Waals surface area contributed by atoms with E-state index in [2.05, 4.69) is 15.0 Å². The van der Waals surface area contributed by atoms with Gasteiger partial charge in [-0.25, -0.2) is 9.97 Å². The smallest absolute Gasteiger partial charge is 0.222 e. The van der Waals surface area contributed by atoms with Crippen molar-refractivity contribution in [1.82, 2.24) is 19.7 Å². The van der Waals surface area contributed by atoms with Gasteiger partial charge in [0.1, 0.15) is 24.6 Å². The zero-order chi connectivity index (χ0) is 11.5. The molecule has 2 rings (SSSR count). The Bertz CT molecular complexity index is 485. The maximum Gasteiger partial charge on any atom is 0.222 e. The minimum absolute atomic E-state index is 0.0636. The fraction of sp³-hybridized carbons (Fsp3) is 0.375. The Morgan fingerprint density at radius 3 is 3.06 bits per heavy atom. The van der Waals surface area contributed by atoms with Gasteiger partial charge in [-0.2, -0.15) is 9.71 Å². The minimum Gasteiger partial charge on any atom is -0.408 e. The molecule has 0 aliphatic heterocycles. The van der Waals surface area contributed by atoms with Crippen molar-refractivity contribution in [2.45, 2.75) is 6.10 Å². The molecule has 8 nitrogen and oxygen atoms in total. The zero-order valence-electron chi connectivity index (χ0n) is 8.32. The number of anilines is 1. The van der Waals surface area contributed by atoms with Gasteiger partial charge in [0.05, 0.1) is 12.8 Å². The van der Waals surface area contributed by atoms with Crippen LogP contribution in [0.3, 0.4) is 0 Å². The van der Waals surface area contributed by atoms with Gasteiger partial charge in [-0.05, 0) is 0 Å². The normalized spacial score (nSPS) is 12.9. The Balaban J connectivity index is 2.21. The highest BCUT2D eigenvalue weighted by atomic mass is 16.7. The summed E-state index contributed by atoms with van der Waals surface area (Å²) >= 11 is 0. The van der Waals surface area contributed by atoms with Gasteiger partial charge in [0.15, 0.2) is 0 Å². The van der Waals surface area contributed by atoms with Crippen LogP contribution in [0.5, 0.6) is 0 Å². The number of rotatable bonds is 4. The van der Waals surface area contributed by atoms with Gasteiger partial charge in [-0.3, -0.25) is 0 Å². The maximum absolute atomic E-state index is 9.12. The lowest BCUT2D eigenvalue weighted by Crippen LogP contribution is -2.26. The Hall–Kier alpha value is -1.93. The summed E-state index contributed by atoms with van der Waals surface area (Å²) < 4.78 is 1.27. The molecular formula is C8H11N5O3. The van der Waals surface area contributed by atoms with Crippen LogP contribution in [-0.2, 0) is 0 Å². The monoisotopic (exact) mass is 225 g/mol. The largest absolute Gasteiger partial charge is 0.408 e. The highest BCUT2D eigenvalue weighted by molar-refractivity contribution is 5.70. The molecule has 0 bridgehead atoms. The first kappa shape index (κ1) is 10.6. The van der Waals surface area contributed by atoms with E-state index in [0.717, 1.165) is 0 Å². The molecule has 0 aliphatic rings. The second-order valence-electron chi connectivity index (χ2n) is 3.14. The van der Waals surface area contributed by atoms with Crippen molar-refractivity contribution in [1.29, 1.82) is 0 Å². The summed E-state index contributed by atoms with van der Waals surface area (Å²) in [7, 11) is 0. The molecule has 86 valence electrons. The van der Waals surface area contributed by atoms with Crippen LogP contribution in [0.2, 0.25) is 0 Å². The molecule has 0 fully saturated rings. The van der Waals surface area contributed by atoms with Crippen LogP contribution in [0.1, 0.15) is 0 Å². The predicted molar refractivity (Wildman–Crippen MR) is 54.3 cm³/mol. The number of hydrogen-bond acceptors (Lipinski definition) is 7. The molecule has 0 saturated heterocycles. The van der Waals surface area contributed by atoms with Crippen molar-refractivity contribution in [2.24, 2.45) is 0 Å². The summed E-state index contributed by atoms with van der Waals surface area (Å²) in [4.78, 5) is 16.9. The zero-order valence-corrected chi connectivity index (χ0v) is 8.32. The van der Waals surface area contributed by atoms with Gasteiger partial charge >= 0.3 is 0 Å². The van der Waals surface area contributed by atoms with Crippen molar-refractivity contribution >= 4 is 17.1 Å². The summed E-state index contributed by atoms with van der Waals surface area (Å²) in [6, 6.07) is 0. The summed E-state index contributed by atoms with van der Waals surface area (Å²) in [6.07, 6.45) is 1.92. The van der Waals surface area contributed by atoms with E-state index in [1.165, 1.54) is 17.3 Å². The lowest BCUT2D eigenvalue weighted by Gasteiger charge is -2.09. The average Bonchev–Trinajstić information content (AvgIpc) is 2.68. The molecular weight excluding hydrogens is 214 g/mol. The van der Waals surface area contributed by atoms with E-state index in [9.17, 15) is 0 Å². The van der Waals surface area contributed by atoms with Crippen LogP contribution < -0.4 is 10.6 Å². The van der Waals surface area contributed by atoms with Crippen molar-refractivity contribution < 1.29 is 15.1 Å². The van der Waals surface area contributed by atoms with Crippen molar-refractivity contribution in [3.05, 3.63) is 12.5 Å². The quantitative estimate of drug-likeness (QED) is 0.561. The van der Waals surface area contributed by atoms with Gasteiger partial charge in [-0.15, -0.1) is 0 Å². The Morgan fingerprint density at radius 2 is 2.31 bits per heavy atom. The standard InChI is InChI=1S/C8H11N5O3/c9-8-10-1-6-7(12-8)13(4-11-6)16-3-5(15)2-14/h1,4-5,14-15H,2-3H2,(H2,9,10,12)/t5-/m1/s1. The Labute approximate surface area is 90.3 Å². The van der Waals surface area contributed by atoms with E-state index in [4.69, 9.17) is 20.8 Å². The summed E-state index contributed by atoms with van der Waals surface area (Å²) in [6.45, 7) is -0.435. The van der Waals surface area contributed by atoms with Crippen LogP contribution in [0.15, 0.2) is 12.5 Å². The van der Waals surface area contributed by atoms with Crippen LogP contribution in [0.25, 0.3) is 11.2 Å². The molecule has 0 aromatic carbocycles. The Kier molecular flexibility index (Phi) is 2.84. The summed E-state index contributed by atoms with van der Waals surface area (Å²) in [5, 5.41) is 17.7. The highest BCUT2D eigenvalue weighted by Gasteiger charge is 2.08. The van der Waals surface area contributed by atoms with Crippen LogP contribution in [0, 0.1) is 0 Å². The second kappa shape index (κ2) is 4.29. The number of imidazole rings is 1. The van der Waals surface area contributed by atoms with Crippen LogP contribution in [-0.4, -0.2) is 49.2 Å². The van der Waals surface area contributed by atoms with E-state index < -0.39 is 6.10 Å². The molecule has 0 unspecified atom stereocenters. The van der Waals surface area contributed by atoms with Crippen molar-refractivity contribution in [2.75, 3.05) is 18.9 Å². The molecule has 0 amide bonds. The van der Waals surface area contributed by atoms with E-state index in [1.54, 1.807) is 0 Å². The topological polar surface area (TPSA) is 119 Å². The van der Waals surface area contributed by atoms with Crippen molar-refractivity contribution in [3.8, 4) is 0 Å². The number of nitrogen functional groups attached to an aromatic ring is 1. The fourth-order valence-corrected chi connectivity index (χ4v) is 1.12. The first-order valence-corrected chi connectivity index (χ1v) is 4.58. The molecule has 2 aromatic heterocycles. The molecule has 2 heterocycles. The highest BCUT2D eigenvalue weighted by Crippen LogP contribution is 2.08. The molecule has 0 saturated carbocycles. The summed E-state index contributed by atoms with van der Waals surface area (Å²) in [5.41, 5.74) is 6.38. The third kappa shape index (κ3) is 2.02. The minimum atomic E-state index is -0.948. The molecule has 8 heteroatoms. The fourth-order valence-electron chi connectivity index (χ4n) is 1.12. The SMILES string of the molecule is Nc1ncc2ncn(OC[C@H](O)CO)c2n1. The lowest BCUT2D eigenvalue weighted by molar-refractivity contribution is 0.00239. The van der Waals surface area contributed by atoms with E-state index in [-0.39, 0.29) is 19.2 Å². The number of fused-ring (bicyclic) bond motifs is 1. The number of nitrogens with zero attached hydrogens (tertiary/aromatic N) is 4. The molecule has 0 spiro atoms. The molecule has 16 heavy (non-hydrogen) atoms. The predicted octanol–water partition coefficient (Wildman–Crippen LogP) is -1.81. The number of nitrogens with two attached hydrogens (primary N) is 1. The van der Waals surface area contributed by atoms with Gasteiger partial charge in [-0.1, -0.05) is 0 Å². The van der Waals surface area contributed by atoms with Gasteiger partial charge in [0.2, 0.25) is 11.6 Å². The van der Waals surface area contributed by atoms with Gasteiger partial charge in [0, 0.05) is 0 Å². The number of aliphatic hydroxyl groups excluding tert-OH is 2. The maximum atomic E-state index is 9.12. The summed E-state index contributed by atoms with van der Waals surface area (Å²) in [5.74, 6) is 0.112. The van der Waals surface area contributed by atoms with Crippen LogP contribution >= 0.6 is 0 Å². The average molecular weight is 225 g/mol. The lowest BCUT2D eigenvalue weighted by atomic mass is 10.4. The first-order valence-electron chi connectivity index (χ1n) is 4.58. The van der Waals surface area contributed by atoms with E-state index in [1.807, 2.05) is 0 Å². The van der Waals surface area contributed by atoms with Gasteiger partial charge < -0.3 is 20.8 Å². The Morgan fingerprint density at radius 1 is 1.50 bits per heavy atom. The molecule has 1 atom stereocenters. The van der Waals surface area contributed by atoms with Gasteiger partial charge in [0.25, 0.3) is 0 Å². The second-order valence-corrected chi connectivity index (χ2v) is 3.14. The molecule has 2 aromatic rings. The van der Waals surface area contributed by atoms with E-state index >= 15 is 0 Å². The molecule has 0 radical (unpaired) electrons. The molecule has 4 N–H and O–H groups in total. The van der Waals surface area contributed by atoms with Crippen LogP contribution in [0.4, 0.5) is 5.95 Å². The third-order valence-corrected chi connectivity index (χ3v) is 1.90. The number of aromatic nitrogens is 4.